The van der Waals surface area contributed by atoms with E-state index in [1.54, 1.807) is 0 Å². The maximum atomic E-state index is 12.7. The van der Waals surface area contributed by atoms with Crippen LogP contribution in [0.15, 0.2) is 6.07 Å². The molecule has 0 aliphatic carbocycles. The summed E-state index contributed by atoms with van der Waals surface area (Å²) in [5.41, 5.74) is -1.32. The Hall–Kier alpha value is -1.59. The minimum atomic E-state index is -4.60. The molecule has 0 saturated carbocycles. The highest BCUT2D eigenvalue weighted by Crippen LogP contribution is 2.33. The third-order valence-electron chi connectivity index (χ3n) is 2.02. The van der Waals surface area contributed by atoms with Gasteiger partial charge < -0.3 is 4.74 Å². The smallest absolute Gasteiger partial charge is 0.417 e. The highest BCUT2D eigenvalue weighted by atomic mass is 19.4. The number of rotatable bonds is 1. The number of nitrogens with zero attached hydrogens (tertiary/aromatic N) is 1. The normalized spacial score (nSPS) is 11.4. The van der Waals surface area contributed by atoms with Crippen molar-refractivity contribution in [2.45, 2.75) is 20.0 Å². The van der Waals surface area contributed by atoms with Gasteiger partial charge in [0.25, 0.3) is 0 Å². The summed E-state index contributed by atoms with van der Waals surface area (Å²) in [7, 11) is 1.03. The number of methoxy groups -OCH3 is 1. The molecule has 0 aromatic carbocycles. The Morgan fingerprint density at radius 2 is 1.94 bits per heavy atom. The van der Waals surface area contributed by atoms with E-state index in [1.807, 2.05) is 0 Å². The van der Waals surface area contributed by atoms with E-state index in [0.29, 0.717) is 0 Å². The minimum Gasteiger partial charge on any atom is -0.465 e. The van der Waals surface area contributed by atoms with E-state index in [2.05, 4.69) is 9.72 Å². The molecule has 88 valence electrons. The van der Waals surface area contributed by atoms with Gasteiger partial charge in [-0.05, 0) is 19.9 Å². The van der Waals surface area contributed by atoms with Gasteiger partial charge in [-0.2, -0.15) is 13.2 Å². The molecule has 0 N–H and O–H groups in total. The second kappa shape index (κ2) is 4.11. The van der Waals surface area contributed by atoms with Gasteiger partial charge in [-0.3, -0.25) is 4.98 Å². The number of carbonyl (C=O) groups excluding carboxylic acids is 1. The molecule has 6 heteroatoms. The third kappa shape index (κ3) is 2.32. The fourth-order valence-corrected chi connectivity index (χ4v) is 1.41. The fraction of sp³-hybridized carbons (Fsp3) is 0.400. The van der Waals surface area contributed by atoms with Gasteiger partial charge in [-0.1, -0.05) is 0 Å². The highest BCUT2D eigenvalue weighted by molar-refractivity contribution is 5.92. The summed E-state index contributed by atoms with van der Waals surface area (Å²) in [6.07, 6.45) is -4.60. The molecule has 1 aromatic heterocycles. The summed E-state index contributed by atoms with van der Waals surface area (Å²) >= 11 is 0. The van der Waals surface area contributed by atoms with E-state index in [4.69, 9.17) is 0 Å². The maximum absolute atomic E-state index is 12.7. The number of carbonyl (C=O) groups is 1. The van der Waals surface area contributed by atoms with E-state index in [9.17, 15) is 18.0 Å². The van der Waals surface area contributed by atoms with Crippen molar-refractivity contribution >= 4 is 5.97 Å². The van der Waals surface area contributed by atoms with Crippen molar-refractivity contribution in [1.29, 1.82) is 0 Å². The molecule has 1 aromatic rings. The molecule has 0 unspecified atom stereocenters. The minimum absolute atomic E-state index is 0.0131. The molecule has 0 atom stereocenters. The van der Waals surface area contributed by atoms with Crippen LogP contribution in [0.3, 0.4) is 0 Å². The van der Waals surface area contributed by atoms with Gasteiger partial charge >= 0.3 is 12.1 Å². The van der Waals surface area contributed by atoms with Crippen LogP contribution in [0.5, 0.6) is 0 Å². The van der Waals surface area contributed by atoms with Crippen molar-refractivity contribution in [2.24, 2.45) is 0 Å². The largest absolute Gasteiger partial charge is 0.465 e. The summed E-state index contributed by atoms with van der Waals surface area (Å²) in [4.78, 5) is 15.1. The summed E-state index contributed by atoms with van der Waals surface area (Å²) in [5.74, 6) is -1.03. The highest BCUT2D eigenvalue weighted by Gasteiger charge is 2.37. The molecule has 0 radical (unpaired) electrons. The van der Waals surface area contributed by atoms with Crippen molar-refractivity contribution in [1.82, 2.24) is 4.98 Å². The second-order valence-corrected chi connectivity index (χ2v) is 3.26. The van der Waals surface area contributed by atoms with Gasteiger partial charge in [0.15, 0.2) is 0 Å². The number of ether oxygens (including phenoxy) is 1. The Kier molecular flexibility index (Phi) is 3.21. The van der Waals surface area contributed by atoms with Crippen LogP contribution >= 0.6 is 0 Å². The van der Waals surface area contributed by atoms with E-state index < -0.39 is 23.3 Å². The van der Waals surface area contributed by atoms with Gasteiger partial charge in [0, 0.05) is 5.69 Å². The molecule has 0 fully saturated rings. The van der Waals surface area contributed by atoms with E-state index in [-0.39, 0.29) is 11.4 Å². The SMILES string of the molecule is COC(=O)c1c(C(F)(F)F)cc(C)nc1C. The van der Waals surface area contributed by atoms with Gasteiger partial charge in [-0.15, -0.1) is 0 Å². The Bertz CT molecular complexity index is 427. The number of aryl methyl sites for hydroxylation is 2. The van der Waals surface area contributed by atoms with Crippen LogP contribution in [0.25, 0.3) is 0 Å². The number of hydrogen-bond donors (Lipinski definition) is 0. The molecule has 1 rings (SSSR count). The monoisotopic (exact) mass is 233 g/mol. The van der Waals surface area contributed by atoms with Crippen molar-refractivity contribution in [3.8, 4) is 0 Å². The van der Waals surface area contributed by atoms with Gasteiger partial charge in [0.05, 0.1) is 23.9 Å². The zero-order valence-electron chi connectivity index (χ0n) is 8.97. The lowest BCUT2D eigenvalue weighted by atomic mass is 10.1. The van der Waals surface area contributed by atoms with Crippen molar-refractivity contribution in [3.63, 3.8) is 0 Å². The maximum Gasteiger partial charge on any atom is 0.417 e. The number of aromatic nitrogens is 1. The van der Waals surface area contributed by atoms with Crippen LogP contribution in [0.1, 0.15) is 27.3 Å². The summed E-state index contributed by atoms with van der Waals surface area (Å²) in [5, 5.41) is 0. The Balaban J connectivity index is 3.51. The second-order valence-electron chi connectivity index (χ2n) is 3.26. The fourth-order valence-electron chi connectivity index (χ4n) is 1.41. The first-order valence-electron chi connectivity index (χ1n) is 4.41. The van der Waals surface area contributed by atoms with Crippen LogP contribution in [0.4, 0.5) is 13.2 Å². The molecule has 3 nitrogen and oxygen atoms in total. The summed E-state index contributed by atoms with van der Waals surface area (Å²) < 4.78 is 42.3. The van der Waals surface area contributed by atoms with Crippen molar-refractivity contribution in [2.75, 3.05) is 7.11 Å². The lowest BCUT2D eigenvalue weighted by Crippen LogP contribution is -2.17. The van der Waals surface area contributed by atoms with Crippen LogP contribution < -0.4 is 0 Å². The van der Waals surface area contributed by atoms with Gasteiger partial charge in [0.2, 0.25) is 0 Å². The van der Waals surface area contributed by atoms with Crippen LogP contribution in [0.2, 0.25) is 0 Å². The summed E-state index contributed by atoms with van der Waals surface area (Å²) in [6, 6.07) is 0.833. The lowest BCUT2D eigenvalue weighted by molar-refractivity contribution is -0.138. The molecule has 0 aliphatic rings. The Morgan fingerprint density at radius 3 is 2.38 bits per heavy atom. The predicted octanol–water partition coefficient (Wildman–Crippen LogP) is 2.50. The number of halogens is 3. The molecule has 1 heterocycles. The molecule has 0 aliphatic heterocycles. The topological polar surface area (TPSA) is 39.2 Å². The standard InChI is InChI=1S/C10H10F3NO2/c1-5-4-7(10(11,12)13)8(6(2)14-5)9(15)16-3/h4H,1-3H3. The number of alkyl halides is 3. The van der Waals surface area contributed by atoms with Crippen molar-refractivity contribution < 1.29 is 22.7 Å². The molecular formula is C10H10F3NO2. The predicted molar refractivity (Wildman–Crippen MR) is 50.1 cm³/mol. The first-order valence-corrected chi connectivity index (χ1v) is 4.41. The Morgan fingerprint density at radius 1 is 1.38 bits per heavy atom. The van der Waals surface area contributed by atoms with E-state index in [0.717, 1.165) is 13.2 Å². The van der Waals surface area contributed by atoms with Crippen LogP contribution in [-0.4, -0.2) is 18.1 Å². The first kappa shape index (κ1) is 12.5. The lowest BCUT2D eigenvalue weighted by Gasteiger charge is -2.13. The molecule has 0 spiro atoms. The number of pyridine rings is 1. The van der Waals surface area contributed by atoms with Crippen molar-refractivity contribution in [3.05, 3.63) is 28.6 Å². The first-order chi connectivity index (χ1) is 7.27. The van der Waals surface area contributed by atoms with Gasteiger partial charge in [0.1, 0.15) is 0 Å². The van der Waals surface area contributed by atoms with E-state index in [1.165, 1.54) is 13.8 Å². The molecule has 0 amide bonds. The quantitative estimate of drug-likeness (QED) is 0.699. The Labute approximate surface area is 90.2 Å². The number of hydrogen-bond acceptors (Lipinski definition) is 3. The average molecular weight is 233 g/mol. The average Bonchev–Trinajstić information content (AvgIpc) is 2.14. The zero-order valence-corrected chi connectivity index (χ0v) is 8.97. The zero-order chi connectivity index (χ0) is 12.5. The van der Waals surface area contributed by atoms with E-state index >= 15 is 0 Å². The molecule has 0 saturated heterocycles. The molecule has 0 bridgehead atoms. The molecule has 16 heavy (non-hydrogen) atoms. The third-order valence-corrected chi connectivity index (χ3v) is 2.02. The number of esters is 1. The summed E-state index contributed by atoms with van der Waals surface area (Å²) in [6.45, 7) is 2.78. The molecular weight excluding hydrogens is 223 g/mol. The van der Waals surface area contributed by atoms with Crippen LogP contribution in [-0.2, 0) is 10.9 Å². The van der Waals surface area contributed by atoms with Gasteiger partial charge in [-0.25, -0.2) is 4.79 Å². The van der Waals surface area contributed by atoms with Crippen LogP contribution in [0, 0.1) is 13.8 Å².